The first kappa shape index (κ1) is 18.9. The van der Waals surface area contributed by atoms with Crippen molar-refractivity contribution in [3.05, 3.63) is 53.6 Å². The Morgan fingerprint density at radius 2 is 2.00 bits per heavy atom. The molecule has 0 spiro atoms. The molecule has 0 saturated carbocycles. The Hall–Kier alpha value is -2.89. The van der Waals surface area contributed by atoms with Crippen molar-refractivity contribution in [3.8, 4) is 17.2 Å². The summed E-state index contributed by atoms with van der Waals surface area (Å²) in [4.78, 5) is 4.27. The Morgan fingerprint density at radius 3 is 2.78 bits per heavy atom. The average molecular weight is 369 g/mol. The number of benzene rings is 2. The molecular formula is C21H27N3O3. The summed E-state index contributed by atoms with van der Waals surface area (Å²) >= 11 is 0. The minimum Gasteiger partial charge on any atom is -0.496 e. The van der Waals surface area contributed by atoms with Crippen LogP contribution in [-0.2, 0) is 6.42 Å². The molecule has 6 heteroatoms. The highest BCUT2D eigenvalue weighted by atomic mass is 16.6. The van der Waals surface area contributed by atoms with E-state index in [1.165, 1.54) is 5.56 Å². The van der Waals surface area contributed by atoms with Gasteiger partial charge in [-0.15, -0.1) is 0 Å². The van der Waals surface area contributed by atoms with Crippen LogP contribution in [0.25, 0.3) is 0 Å². The third-order valence-corrected chi connectivity index (χ3v) is 4.47. The van der Waals surface area contributed by atoms with E-state index in [-0.39, 0.29) is 6.10 Å². The van der Waals surface area contributed by atoms with E-state index in [4.69, 9.17) is 14.2 Å². The lowest BCUT2D eigenvalue weighted by Gasteiger charge is -2.27. The molecule has 0 fully saturated rings. The smallest absolute Gasteiger partial charge is 0.191 e. The van der Waals surface area contributed by atoms with Crippen molar-refractivity contribution < 1.29 is 14.2 Å². The fourth-order valence-electron chi connectivity index (χ4n) is 2.94. The predicted octanol–water partition coefficient (Wildman–Crippen LogP) is 2.55. The number of fused-ring (bicyclic) bond motifs is 1. The van der Waals surface area contributed by atoms with Crippen LogP contribution in [-0.4, -0.2) is 45.9 Å². The summed E-state index contributed by atoms with van der Waals surface area (Å²) in [5, 5.41) is 6.63. The quantitative estimate of drug-likeness (QED) is 0.605. The van der Waals surface area contributed by atoms with Crippen LogP contribution in [0.15, 0.2) is 47.5 Å². The number of aliphatic imine (C=N–C) groups is 1. The molecule has 0 saturated heterocycles. The minimum absolute atomic E-state index is 0.0557. The van der Waals surface area contributed by atoms with E-state index >= 15 is 0 Å². The standard InChI is InChI=1S/C21H27N3O3/c1-15-8-9-16(12-20(15)25-3)10-11-23-21(22-2)24-13-17-14-26-18-6-4-5-7-19(18)27-17/h4-9,12,17H,10-11,13-14H2,1-3H3,(H2,22,23,24). The first-order valence-corrected chi connectivity index (χ1v) is 9.16. The second-order valence-corrected chi connectivity index (χ2v) is 6.43. The van der Waals surface area contributed by atoms with Gasteiger partial charge in [-0.05, 0) is 42.7 Å². The maximum Gasteiger partial charge on any atom is 0.191 e. The number of rotatable bonds is 6. The van der Waals surface area contributed by atoms with Gasteiger partial charge in [0.2, 0.25) is 0 Å². The molecule has 1 atom stereocenters. The van der Waals surface area contributed by atoms with E-state index in [0.29, 0.717) is 13.2 Å². The van der Waals surface area contributed by atoms with Gasteiger partial charge >= 0.3 is 0 Å². The molecule has 0 radical (unpaired) electrons. The summed E-state index contributed by atoms with van der Waals surface area (Å²) in [5.41, 5.74) is 2.36. The number of aryl methyl sites for hydroxylation is 1. The summed E-state index contributed by atoms with van der Waals surface area (Å²) in [6, 6.07) is 14.0. The van der Waals surface area contributed by atoms with Crippen LogP contribution in [0.2, 0.25) is 0 Å². The van der Waals surface area contributed by atoms with Gasteiger partial charge in [-0.3, -0.25) is 4.99 Å². The molecule has 144 valence electrons. The van der Waals surface area contributed by atoms with E-state index in [9.17, 15) is 0 Å². The molecule has 3 rings (SSSR count). The number of nitrogens with one attached hydrogen (secondary N) is 2. The van der Waals surface area contributed by atoms with Gasteiger partial charge in [0, 0.05) is 13.6 Å². The second kappa shape index (κ2) is 9.16. The number of guanidine groups is 1. The van der Waals surface area contributed by atoms with Crippen LogP contribution in [0.1, 0.15) is 11.1 Å². The molecule has 1 unspecified atom stereocenters. The number of ether oxygens (including phenoxy) is 3. The van der Waals surface area contributed by atoms with E-state index in [2.05, 4.69) is 33.8 Å². The van der Waals surface area contributed by atoms with Gasteiger partial charge < -0.3 is 24.8 Å². The molecule has 2 aromatic rings. The number of para-hydroxylation sites is 2. The van der Waals surface area contributed by atoms with E-state index in [1.54, 1.807) is 14.2 Å². The zero-order valence-corrected chi connectivity index (χ0v) is 16.1. The summed E-state index contributed by atoms with van der Waals surface area (Å²) in [5.74, 6) is 3.25. The number of hydrogen-bond acceptors (Lipinski definition) is 4. The first-order chi connectivity index (χ1) is 13.2. The molecular weight excluding hydrogens is 342 g/mol. The maximum absolute atomic E-state index is 5.95. The fourth-order valence-corrected chi connectivity index (χ4v) is 2.94. The monoisotopic (exact) mass is 369 g/mol. The summed E-state index contributed by atoms with van der Waals surface area (Å²) < 4.78 is 17.1. The van der Waals surface area contributed by atoms with Crippen LogP contribution in [0, 0.1) is 6.92 Å². The molecule has 6 nitrogen and oxygen atoms in total. The normalized spacial score (nSPS) is 16.0. The van der Waals surface area contributed by atoms with Crippen LogP contribution >= 0.6 is 0 Å². The van der Waals surface area contributed by atoms with Crippen molar-refractivity contribution in [2.75, 3.05) is 33.9 Å². The lowest BCUT2D eigenvalue weighted by atomic mass is 10.1. The Morgan fingerprint density at radius 1 is 1.19 bits per heavy atom. The summed E-state index contributed by atoms with van der Waals surface area (Å²) in [6.07, 6.45) is 0.827. The van der Waals surface area contributed by atoms with Gasteiger partial charge in [-0.1, -0.05) is 24.3 Å². The predicted molar refractivity (Wildman–Crippen MR) is 107 cm³/mol. The zero-order valence-electron chi connectivity index (χ0n) is 16.1. The van der Waals surface area contributed by atoms with Gasteiger partial charge in [0.25, 0.3) is 0 Å². The van der Waals surface area contributed by atoms with Gasteiger partial charge in [0.05, 0.1) is 13.7 Å². The van der Waals surface area contributed by atoms with E-state index < -0.39 is 0 Å². The Labute approximate surface area is 160 Å². The number of hydrogen-bond donors (Lipinski definition) is 2. The van der Waals surface area contributed by atoms with Crippen LogP contribution in [0.5, 0.6) is 17.2 Å². The minimum atomic E-state index is -0.0557. The van der Waals surface area contributed by atoms with Gasteiger partial charge in [-0.25, -0.2) is 0 Å². The van der Waals surface area contributed by atoms with Crippen molar-refractivity contribution in [1.82, 2.24) is 10.6 Å². The molecule has 1 heterocycles. The molecule has 1 aliphatic heterocycles. The van der Waals surface area contributed by atoms with Gasteiger partial charge in [0.1, 0.15) is 18.5 Å². The van der Waals surface area contributed by atoms with Crippen LogP contribution in [0.3, 0.4) is 0 Å². The average Bonchev–Trinajstić information content (AvgIpc) is 2.71. The third kappa shape index (κ3) is 5.06. The van der Waals surface area contributed by atoms with Crippen molar-refractivity contribution in [2.45, 2.75) is 19.4 Å². The Balaban J connectivity index is 1.44. The second-order valence-electron chi connectivity index (χ2n) is 6.43. The molecule has 27 heavy (non-hydrogen) atoms. The highest BCUT2D eigenvalue weighted by Crippen LogP contribution is 2.30. The molecule has 0 aromatic heterocycles. The molecule has 1 aliphatic rings. The van der Waals surface area contributed by atoms with E-state index in [1.807, 2.05) is 31.2 Å². The van der Waals surface area contributed by atoms with Crippen LogP contribution < -0.4 is 24.8 Å². The SMILES string of the molecule is CN=C(NCCc1ccc(C)c(OC)c1)NCC1COc2ccccc2O1. The maximum atomic E-state index is 5.95. The zero-order chi connectivity index (χ0) is 19.1. The largest absolute Gasteiger partial charge is 0.496 e. The topological polar surface area (TPSA) is 64.1 Å². The summed E-state index contributed by atoms with van der Waals surface area (Å²) in [6.45, 7) is 3.95. The molecule has 0 aliphatic carbocycles. The van der Waals surface area contributed by atoms with Crippen molar-refractivity contribution in [2.24, 2.45) is 4.99 Å². The van der Waals surface area contributed by atoms with Crippen molar-refractivity contribution >= 4 is 5.96 Å². The molecule has 2 N–H and O–H groups in total. The Bertz CT molecular complexity index is 792. The number of methoxy groups -OCH3 is 1. The lowest BCUT2D eigenvalue weighted by molar-refractivity contribution is 0.0936. The van der Waals surface area contributed by atoms with Crippen molar-refractivity contribution in [3.63, 3.8) is 0 Å². The third-order valence-electron chi connectivity index (χ3n) is 4.47. The highest BCUT2D eigenvalue weighted by Gasteiger charge is 2.20. The van der Waals surface area contributed by atoms with Gasteiger partial charge in [-0.2, -0.15) is 0 Å². The van der Waals surface area contributed by atoms with Crippen molar-refractivity contribution in [1.29, 1.82) is 0 Å². The molecule has 0 amide bonds. The molecule has 0 bridgehead atoms. The van der Waals surface area contributed by atoms with Gasteiger partial charge in [0.15, 0.2) is 17.5 Å². The van der Waals surface area contributed by atoms with E-state index in [0.717, 1.165) is 41.7 Å². The first-order valence-electron chi connectivity index (χ1n) is 9.16. The number of nitrogens with zero attached hydrogens (tertiary/aromatic N) is 1. The summed E-state index contributed by atoms with van der Waals surface area (Å²) in [7, 11) is 3.46. The fraction of sp³-hybridized carbons (Fsp3) is 0.381. The lowest BCUT2D eigenvalue weighted by Crippen LogP contribution is -2.45. The Kier molecular flexibility index (Phi) is 6.41. The molecule has 2 aromatic carbocycles. The van der Waals surface area contributed by atoms with Crippen LogP contribution in [0.4, 0.5) is 0 Å². The highest BCUT2D eigenvalue weighted by molar-refractivity contribution is 5.79.